The first-order chi connectivity index (χ1) is 7.79. The monoisotopic (exact) mass is 236 g/mol. The Kier molecular flexibility index (Phi) is 2.87. The minimum Gasteiger partial charge on any atom is -0.478 e. The van der Waals surface area contributed by atoms with Crippen molar-refractivity contribution in [1.82, 2.24) is 0 Å². The van der Waals surface area contributed by atoms with Gasteiger partial charge in [0.1, 0.15) is 0 Å². The SMILES string of the molecule is CC1=C(C(=O)O)C2(C)CCCC(C)(C)C2CC1. The Morgan fingerprint density at radius 3 is 2.53 bits per heavy atom. The van der Waals surface area contributed by atoms with Crippen molar-refractivity contribution >= 4 is 5.97 Å². The van der Waals surface area contributed by atoms with Gasteiger partial charge >= 0.3 is 5.97 Å². The molecule has 2 atom stereocenters. The van der Waals surface area contributed by atoms with Crippen LogP contribution in [0.25, 0.3) is 0 Å². The molecule has 2 rings (SSSR count). The summed E-state index contributed by atoms with van der Waals surface area (Å²) in [6.07, 6.45) is 5.56. The number of fused-ring (bicyclic) bond motifs is 1. The molecule has 2 heteroatoms. The number of carbonyl (C=O) groups is 1. The van der Waals surface area contributed by atoms with Gasteiger partial charge in [0.2, 0.25) is 0 Å². The predicted octanol–water partition coefficient (Wildman–Crippen LogP) is 4.01. The summed E-state index contributed by atoms with van der Waals surface area (Å²) in [5.74, 6) is -0.161. The number of rotatable bonds is 1. The molecule has 17 heavy (non-hydrogen) atoms. The van der Waals surface area contributed by atoms with Crippen LogP contribution < -0.4 is 0 Å². The molecule has 0 radical (unpaired) electrons. The van der Waals surface area contributed by atoms with Crippen LogP contribution in [0.2, 0.25) is 0 Å². The van der Waals surface area contributed by atoms with Crippen molar-refractivity contribution in [2.75, 3.05) is 0 Å². The average Bonchev–Trinajstić information content (AvgIpc) is 2.14. The smallest absolute Gasteiger partial charge is 0.332 e. The van der Waals surface area contributed by atoms with E-state index in [1.54, 1.807) is 0 Å². The summed E-state index contributed by atoms with van der Waals surface area (Å²) in [6.45, 7) is 8.82. The molecule has 0 aliphatic heterocycles. The quantitative estimate of drug-likeness (QED) is 0.746. The van der Waals surface area contributed by atoms with Crippen molar-refractivity contribution in [3.8, 4) is 0 Å². The van der Waals surface area contributed by atoms with Gasteiger partial charge in [-0.05, 0) is 43.9 Å². The van der Waals surface area contributed by atoms with Gasteiger partial charge in [0.15, 0.2) is 0 Å². The van der Waals surface area contributed by atoms with Crippen molar-refractivity contribution in [3.05, 3.63) is 11.1 Å². The Hall–Kier alpha value is -0.790. The lowest BCUT2D eigenvalue weighted by Gasteiger charge is -2.54. The van der Waals surface area contributed by atoms with Gasteiger partial charge in [-0.1, -0.05) is 32.8 Å². The predicted molar refractivity (Wildman–Crippen MR) is 68.8 cm³/mol. The summed E-state index contributed by atoms with van der Waals surface area (Å²) >= 11 is 0. The van der Waals surface area contributed by atoms with Crippen molar-refractivity contribution in [3.63, 3.8) is 0 Å². The third kappa shape index (κ3) is 1.82. The first kappa shape index (κ1) is 12.7. The fourth-order valence-corrected chi connectivity index (χ4v) is 4.53. The Labute approximate surface area is 104 Å². The lowest BCUT2D eigenvalue weighted by molar-refractivity contribution is -0.136. The molecule has 0 aromatic heterocycles. The molecule has 0 bridgehead atoms. The third-order valence-corrected chi connectivity index (χ3v) is 5.25. The summed E-state index contributed by atoms with van der Waals surface area (Å²) in [5, 5.41) is 9.53. The van der Waals surface area contributed by atoms with Gasteiger partial charge in [0.25, 0.3) is 0 Å². The fourth-order valence-electron chi connectivity index (χ4n) is 4.53. The molecule has 1 fully saturated rings. The van der Waals surface area contributed by atoms with Crippen LogP contribution in [-0.4, -0.2) is 11.1 Å². The maximum absolute atomic E-state index is 11.6. The van der Waals surface area contributed by atoms with E-state index in [2.05, 4.69) is 20.8 Å². The first-order valence-corrected chi connectivity index (χ1v) is 6.72. The number of hydrogen-bond acceptors (Lipinski definition) is 1. The number of carboxylic acids is 1. The third-order valence-electron chi connectivity index (χ3n) is 5.25. The summed E-state index contributed by atoms with van der Waals surface area (Å²) in [4.78, 5) is 11.6. The van der Waals surface area contributed by atoms with Gasteiger partial charge in [-0.3, -0.25) is 0 Å². The van der Waals surface area contributed by atoms with E-state index in [9.17, 15) is 9.90 Å². The summed E-state index contributed by atoms with van der Waals surface area (Å²) in [6, 6.07) is 0. The molecule has 96 valence electrons. The van der Waals surface area contributed by atoms with E-state index in [4.69, 9.17) is 0 Å². The van der Waals surface area contributed by atoms with Crippen molar-refractivity contribution in [1.29, 1.82) is 0 Å². The van der Waals surface area contributed by atoms with Crippen LogP contribution in [0, 0.1) is 16.7 Å². The Bertz CT molecular complexity index is 378. The van der Waals surface area contributed by atoms with Gasteiger partial charge in [0.05, 0.1) is 0 Å². The number of carboxylic acid groups (broad SMARTS) is 1. The van der Waals surface area contributed by atoms with Crippen LogP contribution >= 0.6 is 0 Å². The van der Waals surface area contributed by atoms with Crippen LogP contribution in [0.1, 0.15) is 59.8 Å². The van der Waals surface area contributed by atoms with Gasteiger partial charge in [-0.25, -0.2) is 4.79 Å². The Morgan fingerprint density at radius 2 is 1.94 bits per heavy atom. The number of hydrogen-bond donors (Lipinski definition) is 1. The van der Waals surface area contributed by atoms with Crippen LogP contribution in [-0.2, 0) is 4.79 Å². The molecule has 2 unspecified atom stereocenters. The van der Waals surface area contributed by atoms with E-state index in [0.29, 0.717) is 5.92 Å². The maximum atomic E-state index is 11.6. The lowest BCUT2D eigenvalue weighted by atomic mass is 9.50. The largest absolute Gasteiger partial charge is 0.478 e. The molecule has 2 aliphatic rings. The second kappa shape index (κ2) is 3.86. The van der Waals surface area contributed by atoms with Crippen LogP contribution in [0.15, 0.2) is 11.1 Å². The molecule has 0 spiro atoms. The lowest BCUT2D eigenvalue weighted by Crippen LogP contribution is -2.47. The second-order valence-electron chi connectivity index (χ2n) is 6.81. The van der Waals surface area contributed by atoms with Crippen molar-refractivity contribution in [2.24, 2.45) is 16.7 Å². The zero-order valence-electron chi connectivity index (χ0n) is 11.5. The minimum atomic E-state index is -0.688. The molecule has 0 amide bonds. The second-order valence-corrected chi connectivity index (χ2v) is 6.81. The molecule has 1 N–H and O–H groups in total. The Morgan fingerprint density at radius 1 is 1.29 bits per heavy atom. The van der Waals surface area contributed by atoms with Gasteiger partial charge in [-0.2, -0.15) is 0 Å². The van der Waals surface area contributed by atoms with E-state index in [-0.39, 0.29) is 10.8 Å². The number of aliphatic carboxylic acids is 1. The standard InChI is InChI=1S/C15H24O2/c1-10-6-7-11-14(2,3)8-5-9-15(11,4)12(10)13(16)17/h11H,5-9H2,1-4H3,(H,16,17). The highest BCUT2D eigenvalue weighted by Gasteiger charge is 2.51. The van der Waals surface area contributed by atoms with Crippen LogP contribution in [0.3, 0.4) is 0 Å². The first-order valence-electron chi connectivity index (χ1n) is 6.72. The minimum absolute atomic E-state index is 0.101. The normalized spacial score (nSPS) is 36.6. The molecule has 0 saturated heterocycles. The summed E-state index contributed by atoms with van der Waals surface area (Å²) in [7, 11) is 0. The highest BCUT2D eigenvalue weighted by atomic mass is 16.4. The van der Waals surface area contributed by atoms with E-state index in [1.165, 1.54) is 6.42 Å². The topological polar surface area (TPSA) is 37.3 Å². The molecule has 0 heterocycles. The molecular weight excluding hydrogens is 212 g/mol. The van der Waals surface area contributed by atoms with Crippen molar-refractivity contribution < 1.29 is 9.90 Å². The van der Waals surface area contributed by atoms with Gasteiger partial charge < -0.3 is 5.11 Å². The van der Waals surface area contributed by atoms with E-state index < -0.39 is 5.97 Å². The molecule has 2 aliphatic carbocycles. The van der Waals surface area contributed by atoms with Crippen LogP contribution in [0.4, 0.5) is 0 Å². The van der Waals surface area contributed by atoms with Crippen molar-refractivity contribution in [2.45, 2.75) is 59.8 Å². The zero-order valence-corrected chi connectivity index (χ0v) is 11.5. The highest BCUT2D eigenvalue weighted by molar-refractivity contribution is 5.89. The molecule has 2 nitrogen and oxygen atoms in total. The van der Waals surface area contributed by atoms with Gasteiger partial charge in [0, 0.05) is 11.0 Å². The maximum Gasteiger partial charge on any atom is 0.332 e. The summed E-state index contributed by atoms with van der Waals surface area (Å²) in [5.41, 5.74) is 2.01. The summed E-state index contributed by atoms with van der Waals surface area (Å²) < 4.78 is 0. The van der Waals surface area contributed by atoms with E-state index in [0.717, 1.165) is 36.8 Å². The average molecular weight is 236 g/mol. The Balaban J connectivity index is 2.50. The molecule has 0 aromatic rings. The van der Waals surface area contributed by atoms with E-state index in [1.807, 2.05) is 6.92 Å². The highest BCUT2D eigenvalue weighted by Crippen LogP contribution is 2.59. The van der Waals surface area contributed by atoms with Gasteiger partial charge in [-0.15, -0.1) is 0 Å². The van der Waals surface area contributed by atoms with Crippen LogP contribution in [0.5, 0.6) is 0 Å². The van der Waals surface area contributed by atoms with E-state index >= 15 is 0 Å². The molecule has 0 aromatic carbocycles. The molecular formula is C15H24O2. The molecule has 1 saturated carbocycles. The number of allylic oxidation sites excluding steroid dienone is 1. The fraction of sp³-hybridized carbons (Fsp3) is 0.800. The zero-order chi connectivity index (χ0) is 12.8.